The van der Waals surface area contributed by atoms with Crippen LogP contribution in [0.4, 0.5) is 4.79 Å². The third-order valence-electron chi connectivity index (χ3n) is 4.42. The summed E-state index contributed by atoms with van der Waals surface area (Å²) in [5.74, 6) is 0.731. The van der Waals surface area contributed by atoms with Gasteiger partial charge in [0.25, 0.3) is 0 Å². The van der Waals surface area contributed by atoms with Crippen LogP contribution in [0.3, 0.4) is 0 Å². The lowest BCUT2D eigenvalue weighted by molar-refractivity contribution is -0.155. The number of carbonyl (C=O) groups excluding carboxylic acids is 1. The second-order valence-corrected chi connectivity index (χ2v) is 7.44. The molecule has 9 heteroatoms. The van der Waals surface area contributed by atoms with Crippen molar-refractivity contribution >= 4 is 17.7 Å². The first-order valence-corrected chi connectivity index (χ1v) is 11.9. The van der Waals surface area contributed by atoms with Crippen molar-refractivity contribution in [3.63, 3.8) is 0 Å². The van der Waals surface area contributed by atoms with Gasteiger partial charge >= 0.3 is 6.09 Å². The number of carbonyl (C=O) groups is 1. The van der Waals surface area contributed by atoms with E-state index in [0.29, 0.717) is 46.2 Å². The lowest BCUT2D eigenvalue weighted by Crippen LogP contribution is -2.29. The second kappa shape index (κ2) is 22.3. The lowest BCUT2D eigenvalue weighted by Gasteiger charge is -2.21. The van der Waals surface area contributed by atoms with Crippen LogP contribution in [0.1, 0.15) is 44.9 Å². The minimum absolute atomic E-state index is 0.0774. The zero-order valence-corrected chi connectivity index (χ0v) is 19.5. The predicted octanol–water partition coefficient (Wildman–Crippen LogP) is 3.66. The van der Waals surface area contributed by atoms with Gasteiger partial charge in [0.05, 0.1) is 39.6 Å². The zero-order valence-electron chi connectivity index (χ0n) is 18.7. The summed E-state index contributed by atoms with van der Waals surface area (Å²) in [7, 11) is 0. The fourth-order valence-corrected chi connectivity index (χ4v) is 2.93. The molecule has 182 valence electrons. The molecule has 1 rings (SSSR count). The predicted molar refractivity (Wildman–Crippen MR) is 120 cm³/mol. The van der Waals surface area contributed by atoms with Crippen molar-refractivity contribution in [1.29, 1.82) is 0 Å². The summed E-state index contributed by atoms with van der Waals surface area (Å²) in [5.41, 5.74) is 0. The van der Waals surface area contributed by atoms with E-state index in [0.717, 1.165) is 64.0 Å². The number of nitrogens with one attached hydrogen (secondary N) is 1. The van der Waals surface area contributed by atoms with Crippen molar-refractivity contribution in [1.82, 2.24) is 5.32 Å². The van der Waals surface area contributed by atoms with Crippen molar-refractivity contribution in [2.45, 2.75) is 51.2 Å². The van der Waals surface area contributed by atoms with E-state index in [1.54, 1.807) is 0 Å². The molecule has 1 amide bonds. The van der Waals surface area contributed by atoms with Gasteiger partial charge in [-0.25, -0.2) is 4.79 Å². The Bertz CT molecular complexity index is 434. The monoisotopic (exact) mass is 465 g/mol. The van der Waals surface area contributed by atoms with Gasteiger partial charge in [-0.3, -0.25) is 0 Å². The first kappa shape index (κ1) is 28.1. The quantitative estimate of drug-likeness (QED) is 0.167. The first-order chi connectivity index (χ1) is 15.3. The van der Waals surface area contributed by atoms with E-state index in [9.17, 15) is 4.79 Å². The van der Waals surface area contributed by atoms with E-state index in [1.165, 1.54) is 0 Å². The smallest absolute Gasteiger partial charge is 0.407 e. The Morgan fingerprint density at radius 3 is 2.48 bits per heavy atom. The molecule has 31 heavy (non-hydrogen) atoms. The number of halogens is 1. The number of hydrogen-bond donors (Lipinski definition) is 1. The molecule has 8 nitrogen and oxygen atoms in total. The number of rotatable bonds is 20. The molecule has 0 aliphatic carbocycles. The molecule has 0 aromatic rings. The van der Waals surface area contributed by atoms with Crippen molar-refractivity contribution in [3.05, 3.63) is 12.2 Å². The summed E-state index contributed by atoms with van der Waals surface area (Å²) in [5, 5.41) is 2.63. The van der Waals surface area contributed by atoms with Crippen LogP contribution in [0.15, 0.2) is 12.2 Å². The zero-order chi connectivity index (χ0) is 22.2. The molecule has 1 atom stereocenters. The Kier molecular flexibility index (Phi) is 20.2. The number of alkyl halides is 1. The molecule has 0 aromatic heterocycles. The fraction of sp³-hybridized carbons (Fsp3) is 0.864. The normalized spacial score (nSPS) is 16.6. The summed E-state index contributed by atoms with van der Waals surface area (Å²) >= 11 is 5.62. The molecule has 1 unspecified atom stereocenters. The standard InChI is InChI=1S/C22H40ClNO7/c23-10-4-1-2-5-12-26-17-18-28-16-11-24-22(25)31-20-19-27-13-7-8-15-30-21-9-3-6-14-29-21/h7-8,21H,1-6,9-20H2,(H,24,25)/b8-7-. The SMILES string of the molecule is O=C(NCCOCCOCCCCCCCl)OCCOC/C=C\COC1CCCCO1. The molecule has 0 radical (unpaired) electrons. The van der Waals surface area contributed by atoms with Crippen LogP contribution in [0.25, 0.3) is 0 Å². The Morgan fingerprint density at radius 1 is 0.903 bits per heavy atom. The van der Waals surface area contributed by atoms with Crippen LogP contribution in [-0.2, 0) is 28.4 Å². The molecule has 1 aliphatic rings. The van der Waals surface area contributed by atoms with Crippen LogP contribution >= 0.6 is 11.6 Å². The summed E-state index contributed by atoms with van der Waals surface area (Å²) in [6, 6.07) is 0. The Balaban J connectivity index is 1.75. The van der Waals surface area contributed by atoms with Gasteiger partial charge in [0.15, 0.2) is 6.29 Å². The van der Waals surface area contributed by atoms with Crippen LogP contribution in [-0.4, -0.2) is 84.3 Å². The largest absolute Gasteiger partial charge is 0.447 e. The Morgan fingerprint density at radius 2 is 1.68 bits per heavy atom. The van der Waals surface area contributed by atoms with Crippen molar-refractivity contribution in [2.75, 3.05) is 71.9 Å². The van der Waals surface area contributed by atoms with E-state index in [2.05, 4.69) is 5.32 Å². The summed E-state index contributed by atoms with van der Waals surface area (Å²) in [4.78, 5) is 11.5. The third kappa shape index (κ3) is 19.5. The maximum absolute atomic E-state index is 11.5. The summed E-state index contributed by atoms with van der Waals surface area (Å²) in [6.45, 7) is 4.91. The second-order valence-electron chi connectivity index (χ2n) is 7.07. The molecule has 1 aliphatic heterocycles. The van der Waals surface area contributed by atoms with Gasteiger partial charge < -0.3 is 33.7 Å². The van der Waals surface area contributed by atoms with E-state index in [-0.39, 0.29) is 12.9 Å². The summed E-state index contributed by atoms with van der Waals surface area (Å²) < 4.78 is 32.3. The maximum atomic E-state index is 11.5. The van der Waals surface area contributed by atoms with Gasteiger partial charge in [-0.2, -0.15) is 0 Å². The van der Waals surface area contributed by atoms with Gasteiger partial charge in [-0.1, -0.05) is 25.0 Å². The van der Waals surface area contributed by atoms with E-state index in [1.807, 2.05) is 12.2 Å². The summed E-state index contributed by atoms with van der Waals surface area (Å²) in [6.07, 6.45) is 10.9. The Labute approximate surface area is 191 Å². The van der Waals surface area contributed by atoms with Crippen molar-refractivity contribution in [3.8, 4) is 0 Å². The average molecular weight is 466 g/mol. The molecule has 0 aromatic carbocycles. The van der Waals surface area contributed by atoms with Gasteiger partial charge in [0.2, 0.25) is 0 Å². The van der Waals surface area contributed by atoms with Crippen LogP contribution < -0.4 is 5.32 Å². The number of amides is 1. The third-order valence-corrected chi connectivity index (χ3v) is 4.69. The molecule has 1 fully saturated rings. The molecular weight excluding hydrogens is 426 g/mol. The van der Waals surface area contributed by atoms with Gasteiger partial charge in [0.1, 0.15) is 6.61 Å². The number of ether oxygens (including phenoxy) is 6. The van der Waals surface area contributed by atoms with E-state index < -0.39 is 6.09 Å². The number of hydrogen-bond acceptors (Lipinski definition) is 7. The number of unbranched alkanes of at least 4 members (excludes halogenated alkanes) is 3. The molecular formula is C22H40ClNO7. The maximum Gasteiger partial charge on any atom is 0.407 e. The van der Waals surface area contributed by atoms with E-state index in [4.69, 9.17) is 40.0 Å². The van der Waals surface area contributed by atoms with Crippen molar-refractivity contribution in [2.24, 2.45) is 0 Å². The highest BCUT2D eigenvalue weighted by Gasteiger charge is 2.12. The van der Waals surface area contributed by atoms with Gasteiger partial charge in [-0.15, -0.1) is 11.6 Å². The lowest BCUT2D eigenvalue weighted by atomic mass is 10.2. The van der Waals surface area contributed by atoms with E-state index >= 15 is 0 Å². The molecule has 0 bridgehead atoms. The van der Waals surface area contributed by atoms with Crippen LogP contribution in [0, 0.1) is 0 Å². The highest BCUT2D eigenvalue weighted by atomic mass is 35.5. The molecule has 0 saturated carbocycles. The minimum atomic E-state index is -0.475. The first-order valence-electron chi connectivity index (χ1n) is 11.4. The van der Waals surface area contributed by atoms with Gasteiger partial charge in [-0.05, 0) is 32.1 Å². The highest BCUT2D eigenvalue weighted by Crippen LogP contribution is 2.13. The Hall–Kier alpha value is -0.900. The van der Waals surface area contributed by atoms with Crippen molar-refractivity contribution < 1.29 is 33.2 Å². The fourth-order valence-electron chi connectivity index (χ4n) is 2.74. The van der Waals surface area contributed by atoms with Crippen LogP contribution in [0.2, 0.25) is 0 Å². The highest BCUT2D eigenvalue weighted by molar-refractivity contribution is 6.17. The molecule has 1 saturated heterocycles. The topological polar surface area (TPSA) is 84.5 Å². The molecule has 1 heterocycles. The number of alkyl carbamates (subject to hydrolysis) is 1. The minimum Gasteiger partial charge on any atom is -0.447 e. The van der Waals surface area contributed by atoms with Crippen LogP contribution in [0.5, 0.6) is 0 Å². The molecule has 1 N–H and O–H groups in total. The average Bonchev–Trinajstić information content (AvgIpc) is 2.79. The van der Waals surface area contributed by atoms with Gasteiger partial charge in [0, 0.05) is 25.6 Å². The molecule has 0 spiro atoms.